The lowest BCUT2D eigenvalue weighted by molar-refractivity contribution is -0.136. The molecule has 5 nitrogen and oxygen atoms in total. The summed E-state index contributed by atoms with van der Waals surface area (Å²) in [7, 11) is 0. The van der Waals surface area contributed by atoms with E-state index in [-0.39, 0.29) is 6.54 Å². The Labute approximate surface area is 99.4 Å². The van der Waals surface area contributed by atoms with Crippen LogP contribution in [-0.2, 0) is 24.3 Å². The number of halogens is 1. The summed E-state index contributed by atoms with van der Waals surface area (Å²) in [5, 5.41) is 16.3. The molecule has 0 atom stereocenters. The third kappa shape index (κ3) is 2.96. The summed E-state index contributed by atoms with van der Waals surface area (Å²) >= 11 is 6.15. The molecule has 0 aliphatic rings. The number of rotatable bonds is 6. The van der Waals surface area contributed by atoms with Gasteiger partial charge < -0.3 is 10.4 Å². The smallest absolute Gasteiger partial charge is 0.317 e. The van der Waals surface area contributed by atoms with Gasteiger partial charge in [-0.15, -0.1) is 0 Å². The number of hydrogen-bond donors (Lipinski definition) is 2. The summed E-state index contributed by atoms with van der Waals surface area (Å²) in [4.78, 5) is 10.4. The summed E-state index contributed by atoms with van der Waals surface area (Å²) < 4.78 is 1.80. The van der Waals surface area contributed by atoms with Crippen LogP contribution in [0.2, 0.25) is 5.02 Å². The van der Waals surface area contributed by atoms with Crippen LogP contribution in [-0.4, -0.2) is 27.4 Å². The molecule has 0 fully saturated rings. The molecule has 0 amide bonds. The van der Waals surface area contributed by atoms with Crippen molar-refractivity contribution in [3.63, 3.8) is 0 Å². The summed E-state index contributed by atoms with van der Waals surface area (Å²) in [6.45, 7) is 5.04. The highest BCUT2D eigenvalue weighted by Gasteiger charge is 2.13. The minimum atomic E-state index is -0.880. The van der Waals surface area contributed by atoms with Gasteiger partial charge in [-0.2, -0.15) is 5.10 Å². The Hall–Kier alpha value is -1.07. The van der Waals surface area contributed by atoms with Gasteiger partial charge in [0.2, 0.25) is 0 Å². The predicted octanol–water partition coefficient (Wildman–Crippen LogP) is 1.29. The first-order valence-corrected chi connectivity index (χ1v) is 5.64. The van der Waals surface area contributed by atoms with Crippen molar-refractivity contribution in [1.82, 2.24) is 15.1 Å². The van der Waals surface area contributed by atoms with E-state index in [1.165, 1.54) is 0 Å². The molecule has 0 bridgehead atoms. The van der Waals surface area contributed by atoms with E-state index < -0.39 is 5.97 Å². The first kappa shape index (κ1) is 13.0. The molecule has 0 aliphatic carbocycles. The van der Waals surface area contributed by atoms with Crippen molar-refractivity contribution in [1.29, 1.82) is 0 Å². The molecule has 90 valence electrons. The van der Waals surface area contributed by atoms with E-state index >= 15 is 0 Å². The molecule has 1 aromatic rings. The van der Waals surface area contributed by atoms with Gasteiger partial charge in [-0.1, -0.05) is 18.5 Å². The van der Waals surface area contributed by atoms with Gasteiger partial charge in [0.05, 0.1) is 23.0 Å². The molecule has 6 heteroatoms. The van der Waals surface area contributed by atoms with E-state index in [9.17, 15) is 4.79 Å². The van der Waals surface area contributed by atoms with Crippen molar-refractivity contribution in [3.8, 4) is 0 Å². The van der Waals surface area contributed by atoms with E-state index in [2.05, 4.69) is 10.4 Å². The molecule has 2 N–H and O–H groups in total. The van der Waals surface area contributed by atoms with Crippen molar-refractivity contribution in [2.45, 2.75) is 33.4 Å². The van der Waals surface area contributed by atoms with Crippen LogP contribution in [0.3, 0.4) is 0 Å². The third-order valence-corrected chi connectivity index (χ3v) is 2.70. The van der Waals surface area contributed by atoms with Crippen LogP contribution in [0.25, 0.3) is 0 Å². The minimum Gasteiger partial charge on any atom is -0.480 e. The van der Waals surface area contributed by atoms with Gasteiger partial charge in [0.1, 0.15) is 0 Å². The van der Waals surface area contributed by atoms with Crippen molar-refractivity contribution in [3.05, 3.63) is 16.4 Å². The van der Waals surface area contributed by atoms with Crippen LogP contribution in [0.1, 0.15) is 25.2 Å². The highest BCUT2D eigenvalue weighted by Crippen LogP contribution is 2.21. The average Bonchev–Trinajstić information content (AvgIpc) is 2.55. The summed E-state index contributed by atoms with van der Waals surface area (Å²) in [5.41, 5.74) is 1.71. The lowest BCUT2D eigenvalue weighted by Crippen LogP contribution is -2.23. The Kier molecular flexibility index (Phi) is 4.76. The largest absolute Gasteiger partial charge is 0.480 e. The van der Waals surface area contributed by atoms with E-state index in [0.29, 0.717) is 11.6 Å². The molecule has 0 saturated heterocycles. The number of nitrogens with one attached hydrogen (secondary N) is 1. The Bertz CT molecular complexity index is 376. The molecule has 16 heavy (non-hydrogen) atoms. The van der Waals surface area contributed by atoms with Crippen LogP contribution >= 0.6 is 11.6 Å². The van der Waals surface area contributed by atoms with Crippen LogP contribution < -0.4 is 5.32 Å². The van der Waals surface area contributed by atoms with Crippen LogP contribution in [0.4, 0.5) is 0 Å². The standard InChI is InChI=1S/C10H16ClN3O2/c1-3-7-10(11)8(14(4-2)13-7)5-12-6-9(15)16/h12H,3-6H2,1-2H3,(H,15,16). The first-order chi connectivity index (χ1) is 7.60. The summed E-state index contributed by atoms with van der Waals surface area (Å²) in [6, 6.07) is 0. The molecule has 1 aromatic heterocycles. The predicted molar refractivity (Wildman–Crippen MR) is 61.6 cm³/mol. The molecule has 0 aliphatic heterocycles. The summed E-state index contributed by atoms with van der Waals surface area (Å²) in [5.74, 6) is -0.880. The Morgan fingerprint density at radius 2 is 2.25 bits per heavy atom. The zero-order valence-electron chi connectivity index (χ0n) is 9.46. The second-order valence-corrected chi connectivity index (χ2v) is 3.75. The second kappa shape index (κ2) is 5.86. The van der Waals surface area contributed by atoms with Crippen molar-refractivity contribution < 1.29 is 9.90 Å². The lowest BCUT2D eigenvalue weighted by atomic mass is 10.3. The fourth-order valence-electron chi connectivity index (χ4n) is 1.47. The van der Waals surface area contributed by atoms with E-state index in [1.54, 1.807) is 4.68 Å². The minimum absolute atomic E-state index is 0.0767. The Balaban J connectivity index is 2.76. The fourth-order valence-corrected chi connectivity index (χ4v) is 1.81. The SMILES string of the molecule is CCc1nn(CC)c(CNCC(=O)O)c1Cl. The quantitative estimate of drug-likeness (QED) is 0.793. The number of aliphatic carboxylic acids is 1. The van der Waals surface area contributed by atoms with Gasteiger partial charge in [0.15, 0.2) is 0 Å². The fraction of sp³-hybridized carbons (Fsp3) is 0.600. The number of carboxylic acid groups (broad SMARTS) is 1. The Morgan fingerprint density at radius 1 is 1.56 bits per heavy atom. The molecule has 0 unspecified atom stereocenters. The van der Waals surface area contributed by atoms with Gasteiger partial charge in [-0.25, -0.2) is 0 Å². The molecule has 1 heterocycles. The molecular formula is C10H16ClN3O2. The lowest BCUT2D eigenvalue weighted by Gasteiger charge is -2.05. The van der Waals surface area contributed by atoms with Crippen molar-refractivity contribution >= 4 is 17.6 Å². The van der Waals surface area contributed by atoms with Crippen molar-refractivity contribution in [2.24, 2.45) is 0 Å². The highest BCUT2D eigenvalue weighted by molar-refractivity contribution is 6.31. The molecule has 0 saturated carbocycles. The number of aromatic nitrogens is 2. The summed E-state index contributed by atoms with van der Waals surface area (Å²) in [6.07, 6.45) is 0.776. The van der Waals surface area contributed by atoms with Crippen LogP contribution in [0.15, 0.2) is 0 Å². The second-order valence-electron chi connectivity index (χ2n) is 3.37. The van der Waals surface area contributed by atoms with Gasteiger partial charge in [-0.05, 0) is 13.3 Å². The first-order valence-electron chi connectivity index (χ1n) is 5.26. The van der Waals surface area contributed by atoms with Gasteiger partial charge in [0, 0.05) is 13.1 Å². The Morgan fingerprint density at radius 3 is 2.75 bits per heavy atom. The molecule has 0 spiro atoms. The number of hydrogen-bond acceptors (Lipinski definition) is 3. The van der Waals surface area contributed by atoms with Gasteiger partial charge >= 0.3 is 5.97 Å². The van der Waals surface area contributed by atoms with Crippen LogP contribution in [0, 0.1) is 0 Å². The van der Waals surface area contributed by atoms with Crippen molar-refractivity contribution in [2.75, 3.05) is 6.54 Å². The number of nitrogens with zero attached hydrogens (tertiary/aromatic N) is 2. The molecule has 1 rings (SSSR count). The monoisotopic (exact) mass is 245 g/mol. The normalized spacial score (nSPS) is 10.7. The molecule has 0 radical (unpaired) electrons. The van der Waals surface area contributed by atoms with E-state index in [0.717, 1.165) is 24.4 Å². The highest BCUT2D eigenvalue weighted by atomic mass is 35.5. The zero-order valence-corrected chi connectivity index (χ0v) is 10.2. The van der Waals surface area contributed by atoms with Gasteiger partial charge in [-0.3, -0.25) is 9.48 Å². The average molecular weight is 246 g/mol. The van der Waals surface area contributed by atoms with Gasteiger partial charge in [0.25, 0.3) is 0 Å². The molecular weight excluding hydrogens is 230 g/mol. The third-order valence-electron chi connectivity index (χ3n) is 2.26. The maximum absolute atomic E-state index is 10.4. The zero-order chi connectivity index (χ0) is 12.1. The topological polar surface area (TPSA) is 67.2 Å². The van der Waals surface area contributed by atoms with Crippen LogP contribution in [0.5, 0.6) is 0 Å². The number of aryl methyl sites for hydroxylation is 2. The maximum Gasteiger partial charge on any atom is 0.317 e. The number of carboxylic acids is 1. The maximum atomic E-state index is 10.4. The van der Waals surface area contributed by atoms with E-state index in [1.807, 2.05) is 13.8 Å². The number of carbonyl (C=O) groups is 1. The molecule has 0 aromatic carbocycles. The van der Waals surface area contributed by atoms with E-state index in [4.69, 9.17) is 16.7 Å².